The Bertz CT molecular complexity index is 315. The maximum absolute atomic E-state index is 10.7. The molecule has 1 N–H and O–H groups in total. The van der Waals surface area contributed by atoms with Crippen LogP contribution in [0, 0.1) is 3.57 Å². The standard InChI is InChI=1S/C7H5IO2S2/c8-3-1-4(11)6(7(9)10)5(12)2-3/h1-2,11-12H,(H,9,10). The number of thiol groups is 2. The third-order valence-corrected chi connectivity index (χ3v) is 2.60. The van der Waals surface area contributed by atoms with Gasteiger partial charge in [0, 0.05) is 13.4 Å². The van der Waals surface area contributed by atoms with Crippen LogP contribution in [0.1, 0.15) is 10.4 Å². The fraction of sp³-hybridized carbons (Fsp3) is 0. The highest BCUT2D eigenvalue weighted by Crippen LogP contribution is 2.24. The molecule has 0 aliphatic rings. The number of halogens is 1. The molecule has 2 nitrogen and oxygen atoms in total. The average Bonchev–Trinajstić information content (AvgIpc) is 1.82. The summed E-state index contributed by atoms with van der Waals surface area (Å²) < 4.78 is 0.924. The van der Waals surface area contributed by atoms with E-state index in [1.807, 2.05) is 0 Å². The Balaban J connectivity index is 3.38. The summed E-state index contributed by atoms with van der Waals surface area (Å²) in [6.45, 7) is 0. The van der Waals surface area contributed by atoms with Gasteiger partial charge in [-0.15, -0.1) is 25.3 Å². The van der Waals surface area contributed by atoms with Crippen LogP contribution >= 0.6 is 47.8 Å². The number of benzene rings is 1. The lowest BCUT2D eigenvalue weighted by atomic mass is 10.2. The topological polar surface area (TPSA) is 37.3 Å². The van der Waals surface area contributed by atoms with Gasteiger partial charge in [-0.05, 0) is 34.7 Å². The number of carboxylic acid groups (broad SMARTS) is 1. The van der Waals surface area contributed by atoms with E-state index in [-0.39, 0.29) is 5.56 Å². The Morgan fingerprint density at radius 1 is 1.33 bits per heavy atom. The predicted octanol–water partition coefficient (Wildman–Crippen LogP) is 2.57. The van der Waals surface area contributed by atoms with E-state index in [1.54, 1.807) is 12.1 Å². The zero-order valence-electron chi connectivity index (χ0n) is 5.78. The summed E-state index contributed by atoms with van der Waals surface area (Å²) in [6, 6.07) is 3.37. The van der Waals surface area contributed by atoms with Crippen LogP contribution in [-0.2, 0) is 0 Å². The molecule has 0 bridgehead atoms. The molecule has 0 unspecified atom stereocenters. The number of hydrogen-bond donors (Lipinski definition) is 3. The van der Waals surface area contributed by atoms with Gasteiger partial charge in [-0.3, -0.25) is 0 Å². The predicted molar refractivity (Wildman–Crippen MR) is 60.6 cm³/mol. The number of hydrogen-bond acceptors (Lipinski definition) is 3. The fourth-order valence-corrected chi connectivity index (χ4v) is 2.71. The van der Waals surface area contributed by atoms with E-state index in [1.165, 1.54) is 0 Å². The third kappa shape index (κ3) is 2.08. The molecule has 1 aromatic rings. The van der Waals surface area contributed by atoms with Gasteiger partial charge in [0.25, 0.3) is 0 Å². The van der Waals surface area contributed by atoms with Gasteiger partial charge in [0.1, 0.15) is 0 Å². The zero-order chi connectivity index (χ0) is 9.30. The first kappa shape index (κ1) is 10.2. The zero-order valence-corrected chi connectivity index (χ0v) is 9.73. The summed E-state index contributed by atoms with van der Waals surface area (Å²) in [7, 11) is 0. The highest BCUT2D eigenvalue weighted by atomic mass is 127. The Morgan fingerprint density at radius 2 is 1.75 bits per heavy atom. The van der Waals surface area contributed by atoms with E-state index in [2.05, 4.69) is 47.8 Å². The van der Waals surface area contributed by atoms with E-state index >= 15 is 0 Å². The molecule has 0 aliphatic heterocycles. The molecule has 0 atom stereocenters. The summed E-state index contributed by atoms with van der Waals surface area (Å²) in [5, 5.41) is 8.74. The molecule has 5 heteroatoms. The first-order chi connectivity index (χ1) is 5.52. The largest absolute Gasteiger partial charge is 0.478 e. The van der Waals surface area contributed by atoms with Gasteiger partial charge in [-0.2, -0.15) is 0 Å². The van der Waals surface area contributed by atoms with Gasteiger partial charge < -0.3 is 5.11 Å². The van der Waals surface area contributed by atoms with E-state index < -0.39 is 5.97 Å². The maximum atomic E-state index is 10.7. The van der Waals surface area contributed by atoms with Crippen molar-refractivity contribution in [3.05, 3.63) is 21.3 Å². The summed E-state index contributed by atoms with van der Waals surface area (Å²) in [5.74, 6) is -0.999. The molecular weight excluding hydrogens is 307 g/mol. The van der Waals surface area contributed by atoms with Crippen molar-refractivity contribution in [2.24, 2.45) is 0 Å². The van der Waals surface area contributed by atoms with Crippen molar-refractivity contribution in [2.45, 2.75) is 9.79 Å². The molecule has 1 aromatic carbocycles. The molecule has 0 aliphatic carbocycles. The minimum Gasteiger partial charge on any atom is -0.478 e. The van der Waals surface area contributed by atoms with Gasteiger partial charge in [0.2, 0.25) is 0 Å². The molecular formula is C7H5IO2S2. The van der Waals surface area contributed by atoms with Gasteiger partial charge in [0.15, 0.2) is 0 Å². The number of carboxylic acids is 1. The summed E-state index contributed by atoms with van der Waals surface area (Å²) in [4.78, 5) is 11.5. The average molecular weight is 312 g/mol. The van der Waals surface area contributed by atoms with Crippen LogP contribution < -0.4 is 0 Å². The smallest absolute Gasteiger partial charge is 0.337 e. The van der Waals surface area contributed by atoms with Crippen molar-refractivity contribution in [1.82, 2.24) is 0 Å². The Kier molecular flexibility index (Phi) is 3.30. The first-order valence-electron chi connectivity index (χ1n) is 2.97. The second kappa shape index (κ2) is 3.89. The second-order valence-electron chi connectivity index (χ2n) is 2.12. The second-order valence-corrected chi connectivity index (χ2v) is 4.33. The van der Waals surface area contributed by atoms with Crippen LogP contribution in [0.5, 0.6) is 0 Å². The Hall–Kier alpha value is 0.120. The van der Waals surface area contributed by atoms with Crippen LogP contribution in [0.4, 0.5) is 0 Å². The van der Waals surface area contributed by atoms with Crippen molar-refractivity contribution < 1.29 is 9.90 Å². The number of rotatable bonds is 1. The van der Waals surface area contributed by atoms with Crippen LogP contribution in [0.25, 0.3) is 0 Å². The van der Waals surface area contributed by atoms with Crippen LogP contribution in [0.15, 0.2) is 21.9 Å². The lowest BCUT2D eigenvalue weighted by Crippen LogP contribution is -2.00. The normalized spacial score (nSPS) is 9.92. The molecule has 1 rings (SSSR count). The Morgan fingerprint density at radius 3 is 2.08 bits per heavy atom. The summed E-state index contributed by atoms with van der Waals surface area (Å²) >= 11 is 10.2. The molecule has 0 amide bonds. The quantitative estimate of drug-likeness (QED) is 0.551. The van der Waals surface area contributed by atoms with Gasteiger partial charge >= 0.3 is 5.97 Å². The minimum absolute atomic E-state index is 0.155. The van der Waals surface area contributed by atoms with Crippen molar-refractivity contribution in [1.29, 1.82) is 0 Å². The van der Waals surface area contributed by atoms with Crippen molar-refractivity contribution >= 4 is 53.8 Å². The summed E-state index contributed by atoms with van der Waals surface area (Å²) in [6.07, 6.45) is 0. The summed E-state index contributed by atoms with van der Waals surface area (Å²) in [5.41, 5.74) is 0.155. The van der Waals surface area contributed by atoms with Gasteiger partial charge in [-0.1, -0.05) is 0 Å². The molecule has 0 saturated carbocycles. The SMILES string of the molecule is O=C(O)c1c(S)cc(I)cc1S. The third-order valence-electron chi connectivity index (χ3n) is 1.28. The van der Waals surface area contributed by atoms with Crippen molar-refractivity contribution in [3.63, 3.8) is 0 Å². The number of carbonyl (C=O) groups is 1. The molecule has 64 valence electrons. The lowest BCUT2D eigenvalue weighted by molar-refractivity contribution is 0.0689. The van der Waals surface area contributed by atoms with Gasteiger partial charge in [-0.25, -0.2) is 4.79 Å². The number of aromatic carboxylic acids is 1. The molecule has 0 fully saturated rings. The Labute approximate surface area is 94.3 Å². The van der Waals surface area contributed by atoms with E-state index in [0.717, 1.165) is 3.57 Å². The maximum Gasteiger partial charge on any atom is 0.337 e. The molecule has 0 saturated heterocycles. The monoisotopic (exact) mass is 312 g/mol. The van der Waals surface area contributed by atoms with E-state index in [9.17, 15) is 4.79 Å². The van der Waals surface area contributed by atoms with Crippen molar-refractivity contribution in [2.75, 3.05) is 0 Å². The minimum atomic E-state index is -0.999. The highest BCUT2D eigenvalue weighted by molar-refractivity contribution is 14.1. The molecule has 0 aromatic heterocycles. The van der Waals surface area contributed by atoms with E-state index in [0.29, 0.717) is 9.79 Å². The molecule has 0 heterocycles. The molecule has 0 radical (unpaired) electrons. The van der Waals surface area contributed by atoms with Crippen LogP contribution in [0.2, 0.25) is 0 Å². The van der Waals surface area contributed by atoms with Crippen LogP contribution in [-0.4, -0.2) is 11.1 Å². The van der Waals surface area contributed by atoms with Crippen molar-refractivity contribution in [3.8, 4) is 0 Å². The highest BCUT2D eigenvalue weighted by Gasteiger charge is 2.11. The first-order valence-corrected chi connectivity index (χ1v) is 4.94. The van der Waals surface area contributed by atoms with Gasteiger partial charge in [0.05, 0.1) is 5.56 Å². The van der Waals surface area contributed by atoms with Crippen LogP contribution in [0.3, 0.4) is 0 Å². The lowest BCUT2D eigenvalue weighted by Gasteiger charge is -2.03. The molecule has 12 heavy (non-hydrogen) atoms. The molecule has 0 spiro atoms. The fourth-order valence-electron chi connectivity index (χ4n) is 0.798. The van der Waals surface area contributed by atoms with E-state index in [4.69, 9.17) is 5.11 Å².